The van der Waals surface area contributed by atoms with Gasteiger partial charge in [-0.2, -0.15) is 0 Å². The van der Waals surface area contributed by atoms with E-state index in [4.69, 9.17) is 9.72 Å². The quantitative estimate of drug-likeness (QED) is 0.469. The highest BCUT2D eigenvalue weighted by atomic mass is 16.5. The first-order valence-corrected chi connectivity index (χ1v) is 10.4. The minimum atomic E-state index is -0.242. The Bertz CT molecular complexity index is 1200. The zero-order valence-corrected chi connectivity index (χ0v) is 18.1. The molecule has 4 aromatic rings. The lowest BCUT2D eigenvalue weighted by Gasteiger charge is -2.21. The Labute approximate surface area is 182 Å². The fourth-order valence-electron chi connectivity index (χ4n) is 4.00. The molecule has 0 spiro atoms. The van der Waals surface area contributed by atoms with E-state index in [-0.39, 0.29) is 18.4 Å². The summed E-state index contributed by atoms with van der Waals surface area (Å²) in [4.78, 5) is 17.9. The summed E-state index contributed by atoms with van der Waals surface area (Å²) < 4.78 is 5.28. The molecule has 1 aromatic heterocycles. The number of pyridine rings is 1. The number of benzene rings is 3. The lowest BCUT2D eigenvalue weighted by molar-refractivity contribution is -0.121. The van der Waals surface area contributed by atoms with Crippen LogP contribution in [0.2, 0.25) is 0 Å². The molecule has 1 heterocycles. The van der Waals surface area contributed by atoms with Crippen LogP contribution in [0.1, 0.15) is 34.0 Å². The molecule has 3 aromatic carbocycles. The molecule has 0 bridgehead atoms. The first-order valence-electron chi connectivity index (χ1n) is 10.4. The van der Waals surface area contributed by atoms with Gasteiger partial charge in [-0.05, 0) is 54.3 Å². The van der Waals surface area contributed by atoms with E-state index >= 15 is 0 Å². The number of methoxy groups -OCH3 is 1. The van der Waals surface area contributed by atoms with Crippen LogP contribution in [0.4, 0.5) is 0 Å². The molecule has 0 aliphatic carbocycles. The topological polar surface area (TPSA) is 51.2 Å². The van der Waals surface area contributed by atoms with Gasteiger partial charge >= 0.3 is 0 Å². The van der Waals surface area contributed by atoms with Gasteiger partial charge in [0.25, 0.3) is 0 Å². The number of aryl methyl sites for hydroxylation is 2. The minimum Gasteiger partial charge on any atom is -0.497 e. The van der Waals surface area contributed by atoms with Gasteiger partial charge in [-0.1, -0.05) is 60.7 Å². The van der Waals surface area contributed by atoms with Gasteiger partial charge in [0.15, 0.2) is 0 Å². The van der Waals surface area contributed by atoms with E-state index in [9.17, 15) is 4.79 Å². The summed E-state index contributed by atoms with van der Waals surface area (Å²) in [7, 11) is 1.65. The molecular weight excluding hydrogens is 384 g/mol. The third-order valence-corrected chi connectivity index (χ3v) is 5.71. The molecule has 31 heavy (non-hydrogen) atoms. The molecule has 0 aliphatic heterocycles. The van der Waals surface area contributed by atoms with Crippen molar-refractivity contribution in [2.24, 2.45) is 0 Å². The minimum absolute atomic E-state index is 0.0343. The predicted molar refractivity (Wildman–Crippen MR) is 124 cm³/mol. The number of carbonyl (C=O) groups excluding carboxylic acids is 1. The van der Waals surface area contributed by atoms with Crippen molar-refractivity contribution in [3.63, 3.8) is 0 Å². The van der Waals surface area contributed by atoms with Crippen LogP contribution in [-0.4, -0.2) is 18.0 Å². The van der Waals surface area contributed by atoms with Crippen LogP contribution in [0.25, 0.3) is 10.9 Å². The first-order chi connectivity index (χ1) is 15.1. The summed E-state index contributed by atoms with van der Waals surface area (Å²) in [6.07, 6.45) is 0.287. The van der Waals surface area contributed by atoms with Crippen molar-refractivity contribution in [2.45, 2.75) is 26.3 Å². The molecule has 4 rings (SSSR count). The molecule has 0 saturated heterocycles. The van der Waals surface area contributed by atoms with Crippen molar-refractivity contribution in [3.8, 4) is 5.75 Å². The maximum Gasteiger partial charge on any atom is 0.225 e. The predicted octanol–water partition coefficient (Wildman–Crippen LogP) is 5.31. The number of nitrogens with zero attached hydrogens (tertiary/aromatic N) is 1. The Morgan fingerprint density at radius 3 is 2.26 bits per heavy atom. The first kappa shape index (κ1) is 20.6. The molecule has 156 valence electrons. The second kappa shape index (κ2) is 9.00. The van der Waals surface area contributed by atoms with Crippen LogP contribution in [0.3, 0.4) is 0 Å². The van der Waals surface area contributed by atoms with Crippen molar-refractivity contribution < 1.29 is 9.53 Å². The monoisotopic (exact) mass is 410 g/mol. The van der Waals surface area contributed by atoms with Gasteiger partial charge in [0.1, 0.15) is 5.75 Å². The van der Waals surface area contributed by atoms with E-state index in [2.05, 4.69) is 18.3 Å². The number of aromatic nitrogens is 1. The Hall–Kier alpha value is -3.66. The van der Waals surface area contributed by atoms with Crippen molar-refractivity contribution in [2.75, 3.05) is 7.11 Å². The highest BCUT2D eigenvalue weighted by Crippen LogP contribution is 2.26. The van der Waals surface area contributed by atoms with Crippen LogP contribution in [0.5, 0.6) is 5.75 Å². The van der Waals surface area contributed by atoms with E-state index in [1.165, 1.54) is 0 Å². The molecule has 4 nitrogen and oxygen atoms in total. The molecule has 1 N–H and O–H groups in total. The Balaban J connectivity index is 1.63. The number of para-hydroxylation sites is 1. The average molecular weight is 411 g/mol. The van der Waals surface area contributed by atoms with E-state index in [0.29, 0.717) is 0 Å². The van der Waals surface area contributed by atoms with E-state index in [1.807, 2.05) is 79.7 Å². The fourth-order valence-corrected chi connectivity index (χ4v) is 4.00. The van der Waals surface area contributed by atoms with Crippen molar-refractivity contribution >= 4 is 16.8 Å². The summed E-state index contributed by atoms with van der Waals surface area (Å²) >= 11 is 0. The van der Waals surface area contributed by atoms with E-state index in [1.54, 1.807) is 7.11 Å². The third-order valence-electron chi connectivity index (χ3n) is 5.71. The number of hydrogen-bond donors (Lipinski definition) is 1. The van der Waals surface area contributed by atoms with Gasteiger partial charge in [-0.15, -0.1) is 0 Å². The number of fused-ring (bicyclic) bond motifs is 1. The standard InChI is InChI=1S/C27H26N2O2/c1-18-23-11-7-8-12-25(23)28-19(2)24(18)17-26(30)29-27(20-9-5-4-6-10-20)21-13-15-22(31-3)16-14-21/h4-16,27H,17H2,1-3H3,(H,29,30)/t27-/m1/s1. The second-order valence-corrected chi connectivity index (χ2v) is 7.68. The Morgan fingerprint density at radius 2 is 1.55 bits per heavy atom. The highest BCUT2D eigenvalue weighted by molar-refractivity contribution is 5.86. The Morgan fingerprint density at radius 1 is 0.903 bits per heavy atom. The summed E-state index contributed by atoms with van der Waals surface area (Å²) in [5.74, 6) is 0.753. The van der Waals surface area contributed by atoms with Crippen molar-refractivity contribution in [3.05, 3.63) is 107 Å². The summed E-state index contributed by atoms with van der Waals surface area (Å²) in [6, 6.07) is 25.6. The zero-order chi connectivity index (χ0) is 21.8. The lowest BCUT2D eigenvalue weighted by Crippen LogP contribution is -2.31. The normalized spacial score (nSPS) is 11.8. The third kappa shape index (κ3) is 4.43. The van der Waals surface area contributed by atoms with Gasteiger partial charge in [-0.25, -0.2) is 0 Å². The van der Waals surface area contributed by atoms with Gasteiger partial charge in [0.2, 0.25) is 5.91 Å². The van der Waals surface area contributed by atoms with Crippen LogP contribution < -0.4 is 10.1 Å². The molecule has 1 amide bonds. The molecule has 0 fully saturated rings. The van der Waals surface area contributed by atoms with Gasteiger partial charge in [0, 0.05) is 11.1 Å². The van der Waals surface area contributed by atoms with Crippen molar-refractivity contribution in [1.82, 2.24) is 10.3 Å². The lowest BCUT2D eigenvalue weighted by atomic mass is 9.96. The molecular formula is C27H26N2O2. The number of hydrogen-bond acceptors (Lipinski definition) is 3. The maximum atomic E-state index is 13.2. The summed E-state index contributed by atoms with van der Waals surface area (Å²) in [5.41, 5.74) is 5.99. The summed E-state index contributed by atoms with van der Waals surface area (Å²) in [5, 5.41) is 4.32. The molecule has 0 radical (unpaired) electrons. The van der Waals surface area contributed by atoms with Crippen LogP contribution >= 0.6 is 0 Å². The van der Waals surface area contributed by atoms with Crippen LogP contribution in [0.15, 0.2) is 78.9 Å². The van der Waals surface area contributed by atoms with Gasteiger partial charge < -0.3 is 10.1 Å². The second-order valence-electron chi connectivity index (χ2n) is 7.68. The van der Waals surface area contributed by atoms with E-state index < -0.39 is 0 Å². The maximum absolute atomic E-state index is 13.2. The van der Waals surface area contributed by atoms with Gasteiger partial charge in [0.05, 0.1) is 25.1 Å². The smallest absolute Gasteiger partial charge is 0.225 e. The molecule has 0 aliphatic rings. The Kier molecular flexibility index (Phi) is 5.99. The SMILES string of the molecule is COc1ccc([C@H](NC(=O)Cc2c(C)nc3ccccc3c2C)c2ccccc2)cc1. The summed E-state index contributed by atoms with van der Waals surface area (Å²) in [6.45, 7) is 4.04. The largest absolute Gasteiger partial charge is 0.497 e. The number of nitrogens with one attached hydrogen (secondary N) is 1. The number of carbonyl (C=O) groups is 1. The van der Waals surface area contributed by atoms with Gasteiger partial charge in [-0.3, -0.25) is 9.78 Å². The van der Waals surface area contributed by atoms with E-state index in [0.717, 1.165) is 44.6 Å². The molecule has 4 heteroatoms. The zero-order valence-electron chi connectivity index (χ0n) is 18.1. The van der Waals surface area contributed by atoms with Crippen molar-refractivity contribution in [1.29, 1.82) is 0 Å². The number of rotatable bonds is 6. The molecule has 1 atom stereocenters. The molecule has 0 saturated carbocycles. The van der Waals surface area contributed by atoms with Crippen LogP contribution in [0, 0.1) is 13.8 Å². The highest BCUT2D eigenvalue weighted by Gasteiger charge is 2.19. The number of amides is 1. The van der Waals surface area contributed by atoms with Crippen LogP contribution in [-0.2, 0) is 11.2 Å². The average Bonchev–Trinajstić information content (AvgIpc) is 2.81. The fraction of sp³-hybridized carbons (Fsp3) is 0.185. The molecule has 0 unspecified atom stereocenters. The number of ether oxygens (including phenoxy) is 1.